The molecule has 0 saturated carbocycles. The van der Waals surface area contributed by atoms with Gasteiger partial charge in [0, 0.05) is 17.3 Å². The minimum atomic E-state index is -2.62. The third-order valence-electron chi connectivity index (χ3n) is 12.5. The van der Waals surface area contributed by atoms with Gasteiger partial charge in [-0.15, -0.1) is 0 Å². The Morgan fingerprint density at radius 2 is 0.955 bits per heavy atom. The zero-order valence-electron chi connectivity index (χ0n) is 42.8. The first kappa shape index (κ1) is 63.1. The molecule has 16 heteroatoms. The molecule has 1 aromatic carbocycles. The highest BCUT2D eigenvalue weighted by Gasteiger charge is 2.55. The molecule has 388 valence electrons. The van der Waals surface area contributed by atoms with Crippen molar-refractivity contribution < 1.29 is 68.1 Å². The molecule has 14 nitrogen and oxygen atoms in total. The largest absolute Gasteiger partial charge is 0.466 e. The number of hydrogen-bond donors (Lipinski definition) is 8. The number of unbranched alkanes of at least 4 members (excludes halogenated alkanes) is 15. The van der Waals surface area contributed by atoms with Crippen molar-refractivity contribution in [2.75, 3.05) is 39.6 Å². The maximum absolute atomic E-state index is 13.0. The number of carbonyl (C=O) groups is 1. The smallest absolute Gasteiger partial charge is 0.324 e. The van der Waals surface area contributed by atoms with Crippen LogP contribution in [0.1, 0.15) is 214 Å². The summed E-state index contributed by atoms with van der Waals surface area (Å²) in [6.45, 7) is 24.7. The van der Waals surface area contributed by atoms with Crippen molar-refractivity contribution in [1.82, 2.24) is 0 Å². The molecule has 3 rings (SSSR count). The van der Waals surface area contributed by atoms with Gasteiger partial charge in [0.1, 0.15) is 0 Å². The van der Waals surface area contributed by atoms with E-state index in [2.05, 4.69) is 60.6 Å². The lowest BCUT2D eigenvalue weighted by Gasteiger charge is -2.53. The van der Waals surface area contributed by atoms with Crippen molar-refractivity contribution >= 4 is 23.2 Å². The van der Waals surface area contributed by atoms with Crippen LogP contribution in [0.5, 0.6) is 0 Å². The Hall–Kier alpha value is -0.930. The Bertz CT molecular complexity index is 1400. The summed E-state index contributed by atoms with van der Waals surface area (Å²) >= 11 is 0. The number of aliphatic hydroxyl groups is 2. The van der Waals surface area contributed by atoms with E-state index < -0.39 is 52.1 Å². The van der Waals surface area contributed by atoms with Gasteiger partial charge in [-0.1, -0.05) is 185 Å². The van der Waals surface area contributed by atoms with E-state index in [9.17, 15) is 15.0 Å². The van der Waals surface area contributed by atoms with Gasteiger partial charge in [0.15, 0.2) is 12.6 Å². The number of carbonyl (C=O) groups excluding carboxylic acids is 1. The molecular weight excluding hydrogens is 886 g/mol. The fourth-order valence-electron chi connectivity index (χ4n) is 8.35. The van der Waals surface area contributed by atoms with E-state index in [1.165, 1.54) is 89.9 Å². The van der Waals surface area contributed by atoms with Crippen LogP contribution in [0.4, 0.5) is 0 Å². The molecule has 0 bridgehead atoms. The highest BCUT2D eigenvalue weighted by Crippen LogP contribution is 2.53. The summed E-state index contributed by atoms with van der Waals surface area (Å²) in [4.78, 5) is 56.4. The lowest BCUT2D eigenvalue weighted by Crippen LogP contribution is -2.58. The van der Waals surface area contributed by atoms with Crippen LogP contribution in [0.2, 0.25) is 0 Å². The maximum Gasteiger partial charge on any atom is 0.324 e. The molecule has 8 N–H and O–H groups in total. The van der Waals surface area contributed by atoms with E-state index in [1.807, 2.05) is 27.7 Å². The van der Waals surface area contributed by atoms with Crippen molar-refractivity contribution in [2.45, 2.75) is 221 Å². The van der Waals surface area contributed by atoms with Gasteiger partial charge in [-0.25, -0.2) is 0 Å². The minimum absolute atomic E-state index is 0.0647. The second-order valence-corrected chi connectivity index (χ2v) is 23.0. The number of ether oxygens (including phenoxy) is 5. The van der Waals surface area contributed by atoms with Crippen molar-refractivity contribution in [2.24, 2.45) is 16.2 Å². The Labute approximate surface area is 401 Å². The Kier molecular flexibility index (Phi) is 30.0. The Morgan fingerprint density at radius 3 is 1.32 bits per heavy atom. The summed E-state index contributed by atoms with van der Waals surface area (Å²) in [6, 6.07) is 4.52. The second-order valence-electron chi connectivity index (χ2n) is 21.9. The van der Waals surface area contributed by atoms with Crippen LogP contribution in [-0.2, 0) is 45.7 Å². The lowest BCUT2D eigenvalue weighted by molar-refractivity contribution is -0.362. The molecule has 2 fully saturated rings. The summed E-state index contributed by atoms with van der Waals surface area (Å²) in [5, 5.41) is 20.4. The lowest BCUT2D eigenvalue weighted by atomic mass is 9.68. The fourth-order valence-corrected chi connectivity index (χ4v) is 8.35. The summed E-state index contributed by atoms with van der Waals surface area (Å²) in [5.74, 6) is -0.141. The zero-order valence-corrected chi connectivity index (χ0v) is 44.6. The van der Waals surface area contributed by atoms with Crippen LogP contribution >= 0.6 is 17.2 Å². The molecule has 0 aromatic heterocycles. The van der Waals surface area contributed by atoms with Crippen LogP contribution < -0.4 is 0 Å². The average molecular weight is 981 g/mol. The summed E-state index contributed by atoms with van der Waals surface area (Å²) in [6.07, 6.45) is 20.4. The first-order chi connectivity index (χ1) is 30.8. The highest BCUT2D eigenvalue weighted by molar-refractivity contribution is 7.38. The fraction of sp³-hybridized carbons (Fsp3) is 0.860. The minimum Gasteiger partial charge on any atom is -0.466 e. The van der Waals surface area contributed by atoms with Crippen LogP contribution in [0.15, 0.2) is 12.1 Å². The van der Waals surface area contributed by atoms with E-state index >= 15 is 0 Å². The summed E-state index contributed by atoms with van der Waals surface area (Å²) < 4.78 is 32.0. The third kappa shape index (κ3) is 23.8. The van der Waals surface area contributed by atoms with E-state index in [-0.39, 0.29) is 30.0 Å². The van der Waals surface area contributed by atoms with E-state index in [0.717, 1.165) is 35.1 Å². The third-order valence-corrected chi connectivity index (χ3v) is 12.5. The molecule has 2 aliphatic heterocycles. The van der Waals surface area contributed by atoms with Gasteiger partial charge in [-0.2, -0.15) is 0 Å². The molecule has 2 aliphatic rings. The van der Waals surface area contributed by atoms with Gasteiger partial charge in [0.25, 0.3) is 0 Å². The standard InChI is InChI=1S/C50H88O8.2H3O3P/c1-12-13-14-15-16-17-18-19-20-21-22-23-24-25-26-27-30-54-41(53)29-28-38-31-39(46(2,3)4)42(40(32-38)47(5,6)7)43-50(37-57-45(58-43)49(10,11)34-52)35-55-44(56-36-50)48(8,9)33-51;2*1-4(2)3/h31-32,43-45,51-52H,12-30,33-37H2,1-11H3;2*1-3H. The van der Waals surface area contributed by atoms with Gasteiger partial charge in [-0.05, 0) is 45.9 Å². The molecular formula is C50H94O14P2. The van der Waals surface area contributed by atoms with Gasteiger partial charge >= 0.3 is 23.2 Å². The van der Waals surface area contributed by atoms with Crippen molar-refractivity contribution in [1.29, 1.82) is 0 Å². The van der Waals surface area contributed by atoms with Gasteiger partial charge in [-0.3, -0.25) is 4.79 Å². The molecule has 66 heavy (non-hydrogen) atoms. The Morgan fingerprint density at radius 1 is 0.606 bits per heavy atom. The molecule has 2 atom stereocenters. The average Bonchev–Trinajstić information content (AvgIpc) is 3.23. The van der Waals surface area contributed by atoms with Crippen molar-refractivity contribution in [3.05, 3.63) is 34.4 Å². The number of hydrogen-bond acceptors (Lipinski definition) is 14. The predicted octanol–water partition coefficient (Wildman–Crippen LogP) is 10.2. The van der Waals surface area contributed by atoms with E-state index in [4.69, 9.17) is 53.0 Å². The SMILES string of the molecule is CCCCCCCCCCCCCCCCCCOC(=O)CCc1cc(C(C)(C)C)c(C2OC(C(C)(C)CO)OCC23COC(C(C)(C)CO)OC3)c(C(C)(C)C)c1.OP(O)O.OP(O)O. The van der Waals surface area contributed by atoms with E-state index in [0.29, 0.717) is 39.3 Å². The number of aliphatic hydroxyl groups excluding tert-OH is 2. The second kappa shape index (κ2) is 31.4. The first-order valence-corrected chi connectivity index (χ1v) is 27.0. The van der Waals surface area contributed by atoms with Crippen LogP contribution in [0.3, 0.4) is 0 Å². The molecule has 0 amide bonds. The van der Waals surface area contributed by atoms with Crippen LogP contribution in [0, 0.1) is 16.2 Å². The van der Waals surface area contributed by atoms with Crippen molar-refractivity contribution in [3.63, 3.8) is 0 Å². The molecule has 2 saturated heterocycles. The maximum atomic E-state index is 13.0. The molecule has 1 aromatic rings. The Balaban J connectivity index is 0.00000251. The predicted molar refractivity (Wildman–Crippen MR) is 263 cm³/mol. The van der Waals surface area contributed by atoms with Crippen LogP contribution in [-0.4, -0.2) is 97.8 Å². The molecule has 0 aliphatic carbocycles. The summed E-state index contributed by atoms with van der Waals surface area (Å²) in [7, 11) is -5.24. The first-order valence-electron chi connectivity index (χ1n) is 24.6. The molecule has 2 heterocycles. The number of rotatable bonds is 25. The normalized spacial score (nSPS) is 20.5. The number of esters is 1. The number of aryl methyl sites for hydroxylation is 1. The monoisotopic (exact) mass is 981 g/mol. The van der Waals surface area contributed by atoms with Crippen molar-refractivity contribution in [3.8, 4) is 0 Å². The molecule has 1 spiro atoms. The summed E-state index contributed by atoms with van der Waals surface area (Å²) in [5.41, 5.74) is 2.11. The zero-order chi connectivity index (χ0) is 50.2. The number of benzene rings is 1. The molecule has 2 unspecified atom stereocenters. The molecule has 0 radical (unpaired) electrons. The van der Waals surface area contributed by atoms with Gasteiger partial charge in [0.2, 0.25) is 0 Å². The quantitative estimate of drug-likeness (QED) is 0.0259. The highest BCUT2D eigenvalue weighted by atomic mass is 31.2. The topological polar surface area (TPSA) is 225 Å². The van der Waals surface area contributed by atoms with Gasteiger partial charge in [0.05, 0.1) is 51.2 Å². The van der Waals surface area contributed by atoms with Crippen LogP contribution in [0.25, 0.3) is 0 Å². The van der Waals surface area contributed by atoms with E-state index in [1.54, 1.807) is 0 Å². The van der Waals surface area contributed by atoms with Gasteiger partial charge < -0.3 is 63.3 Å².